The van der Waals surface area contributed by atoms with Crippen molar-refractivity contribution in [3.63, 3.8) is 0 Å². The summed E-state index contributed by atoms with van der Waals surface area (Å²) in [6.07, 6.45) is 4.62. The monoisotopic (exact) mass is 387 g/mol. The minimum absolute atomic E-state index is 0.297. The molecule has 148 valence electrons. The van der Waals surface area contributed by atoms with E-state index in [1.165, 1.54) is 6.07 Å². The highest BCUT2D eigenvalue weighted by molar-refractivity contribution is 5.85. The van der Waals surface area contributed by atoms with Gasteiger partial charge in [0.25, 0.3) is 0 Å². The number of rotatable bonds is 6. The quantitative estimate of drug-likeness (QED) is 0.488. The van der Waals surface area contributed by atoms with Crippen LogP contribution < -0.4 is 5.73 Å². The summed E-state index contributed by atoms with van der Waals surface area (Å²) in [5.41, 5.74) is 11.8. The molecule has 2 aromatic carbocycles. The van der Waals surface area contributed by atoms with Crippen LogP contribution in [0.1, 0.15) is 31.4 Å². The summed E-state index contributed by atoms with van der Waals surface area (Å²) in [6.45, 7) is 10.1. The number of hydrogen-bond acceptors (Lipinski definition) is 3. The number of halogens is 1. The Morgan fingerprint density at radius 2 is 2.00 bits per heavy atom. The van der Waals surface area contributed by atoms with Gasteiger partial charge in [0.2, 0.25) is 0 Å². The Morgan fingerprint density at radius 1 is 1.21 bits per heavy atom. The highest BCUT2D eigenvalue weighted by Crippen LogP contribution is 2.35. The molecule has 1 heterocycles. The molecule has 1 unspecified atom stereocenters. The summed E-state index contributed by atoms with van der Waals surface area (Å²) in [7, 11) is 0. The number of benzene rings is 2. The van der Waals surface area contributed by atoms with Crippen molar-refractivity contribution >= 4 is 17.6 Å². The maximum absolute atomic E-state index is 14.5. The molecule has 4 heteroatoms. The maximum Gasteiger partial charge on any atom is 0.132 e. The zero-order valence-corrected chi connectivity index (χ0v) is 17.1. The summed E-state index contributed by atoms with van der Waals surface area (Å²) >= 11 is 0. The first-order valence-electron chi connectivity index (χ1n) is 9.75. The van der Waals surface area contributed by atoms with Crippen molar-refractivity contribution in [2.45, 2.75) is 27.2 Å². The normalized spacial score (nSPS) is 12.3. The van der Waals surface area contributed by atoms with E-state index >= 15 is 0 Å². The molecule has 29 heavy (non-hydrogen) atoms. The fourth-order valence-electron chi connectivity index (χ4n) is 3.06. The maximum atomic E-state index is 14.5. The first kappa shape index (κ1) is 20.5. The number of nitrogens with two attached hydrogens (primary N) is 1. The van der Waals surface area contributed by atoms with Crippen LogP contribution in [0.25, 0.3) is 28.1 Å². The molecule has 2 N–H and O–H groups in total. The summed E-state index contributed by atoms with van der Waals surface area (Å²) in [5.74, 6) is 0.0802. The van der Waals surface area contributed by atoms with E-state index in [4.69, 9.17) is 5.73 Å². The number of pyridine rings is 1. The Labute approximate surface area is 171 Å². The molecular formula is C25H26FN3. The van der Waals surface area contributed by atoms with E-state index in [2.05, 4.69) is 30.4 Å². The van der Waals surface area contributed by atoms with Gasteiger partial charge in [0.15, 0.2) is 0 Å². The van der Waals surface area contributed by atoms with Crippen LogP contribution in [0.5, 0.6) is 0 Å². The number of aryl methyl sites for hydroxylation is 1. The van der Waals surface area contributed by atoms with E-state index in [1.807, 2.05) is 49.5 Å². The van der Waals surface area contributed by atoms with Crippen molar-refractivity contribution in [2.75, 3.05) is 0 Å². The van der Waals surface area contributed by atoms with Crippen molar-refractivity contribution in [3.05, 3.63) is 78.3 Å². The Morgan fingerprint density at radius 3 is 2.72 bits per heavy atom. The minimum Gasteiger partial charge on any atom is -0.399 e. The van der Waals surface area contributed by atoms with Gasteiger partial charge in [0.1, 0.15) is 5.82 Å². The first-order chi connectivity index (χ1) is 13.9. The molecule has 1 aromatic heterocycles. The SMILES string of the molecule is C=C(N)c1cc(-c2cccnc2-c2cc(C)ccc2F)ccc1N=CC(C)CC. The summed E-state index contributed by atoms with van der Waals surface area (Å²) in [6, 6.07) is 14.7. The molecule has 0 spiro atoms. The van der Waals surface area contributed by atoms with Gasteiger partial charge < -0.3 is 5.73 Å². The molecule has 0 aliphatic heterocycles. The minimum atomic E-state index is -0.297. The summed E-state index contributed by atoms with van der Waals surface area (Å²) in [5, 5.41) is 0. The van der Waals surface area contributed by atoms with Crippen LogP contribution in [0, 0.1) is 18.7 Å². The molecular weight excluding hydrogens is 361 g/mol. The Balaban J connectivity index is 2.13. The van der Waals surface area contributed by atoms with Crippen LogP contribution in [-0.2, 0) is 0 Å². The number of nitrogens with zero attached hydrogens (tertiary/aromatic N) is 2. The highest BCUT2D eigenvalue weighted by atomic mass is 19.1. The second-order valence-corrected chi connectivity index (χ2v) is 7.30. The lowest BCUT2D eigenvalue weighted by atomic mass is 9.95. The third-order valence-corrected chi connectivity index (χ3v) is 4.95. The van der Waals surface area contributed by atoms with E-state index in [0.29, 0.717) is 22.9 Å². The molecule has 0 amide bonds. The predicted molar refractivity (Wildman–Crippen MR) is 121 cm³/mol. The average Bonchev–Trinajstić information content (AvgIpc) is 2.73. The van der Waals surface area contributed by atoms with Crippen molar-refractivity contribution < 1.29 is 4.39 Å². The molecule has 0 saturated heterocycles. The predicted octanol–water partition coefficient (Wildman–Crippen LogP) is 6.54. The van der Waals surface area contributed by atoms with Crippen molar-refractivity contribution in [3.8, 4) is 22.4 Å². The first-order valence-corrected chi connectivity index (χ1v) is 9.75. The van der Waals surface area contributed by atoms with Gasteiger partial charge in [-0.1, -0.05) is 44.2 Å². The van der Waals surface area contributed by atoms with Crippen LogP contribution in [0.2, 0.25) is 0 Å². The second-order valence-electron chi connectivity index (χ2n) is 7.30. The largest absolute Gasteiger partial charge is 0.399 e. The third-order valence-electron chi connectivity index (χ3n) is 4.95. The van der Waals surface area contributed by atoms with E-state index in [1.54, 1.807) is 12.3 Å². The van der Waals surface area contributed by atoms with E-state index < -0.39 is 0 Å². The van der Waals surface area contributed by atoms with Gasteiger partial charge in [0.05, 0.1) is 11.4 Å². The van der Waals surface area contributed by atoms with Gasteiger partial charge in [-0.05, 0) is 55.2 Å². The standard InChI is InChI=1S/C25H26FN3/c1-5-16(2)15-29-24-11-9-19(14-21(24)18(4)27)20-7-6-12-28-25(20)22-13-17(3)8-10-23(22)26/h6-16H,4-5,27H2,1-3H3. The van der Waals surface area contributed by atoms with Crippen LogP contribution >= 0.6 is 0 Å². The van der Waals surface area contributed by atoms with Gasteiger partial charge in [-0.2, -0.15) is 0 Å². The zero-order chi connectivity index (χ0) is 21.0. The fourth-order valence-corrected chi connectivity index (χ4v) is 3.06. The lowest BCUT2D eigenvalue weighted by Crippen LogP contribution is -1.98. The molecule has 3 nitrogen and oxygen atoms in total. The molecule has 0 saturated carbocycles. The van der Waals surface area contributed by atoms with E-state index in [9.17, 15) is 4.39 Å². The van der Waals surface area contributed by atoms with Gasteiger partial charge in [-0.25, -0.2) is 4.39 Å². The Kier molecular flexibility index (Phi) is 6.23. The molecule has 1 atom stereocenters. The van der Waals surface area contributed by atoms with E-state index in [-0.39, 0.29) is 5.82 Å². The Bertz CT molecular complexity index is 1070. The highest BCUT2D eigenvalue weighted by Gasteiger charge is 2.14. The summed E-state index contributed by atoms with van der Waals surface area (Å²) in [4.78, 5) is 9.07. The van der Waals surface area contributed by atoms with Gasteiger partial charge in [-0.15, -0.1) is 0 Å². The van der Waals surface area contributed by atoms with Crippen LogP contribution in [0.4, 0.5) is 10.1 Å². The van der Waals surface area contributed by atoms with Crippen LogP contribution in [0.3, 0.4) is 0 Å². The van der Waals surface area contributed by atoms with Gasteiger partial charge in [-0.3, -0.25) is 9.98 Å². The molecule has 0 radical (unpaired) electrons. The molecule has 0 fully saturated rings. The molecule has 0 aliphatic rings. The molecule has 3 rings (SSSR count). The molecule has 3 aromatic rings. The van der Waals surface area contributed by atoms with Crippen LogP contribution in [-0.4, -0.2) is 11.2 Å². The fraction of sp³-hybridized carbons (Fsp3) is 0.200. The molecule has 0 bridgehead atoms. The van der Waals surface area contributed by atoms with Gasteiger partial charge >= 0.3 is 0 Å². The van der Waals surface area contributed by atoms with Gasteiger partial charge in [0, 0.05) is 34.8 Å². The zero-order valence-electron chi connectivity index (χ0n) is 17.1. The number of hydrogen-bond donors (Lipinski definition) is 1. The lowest BCUT2D eigenvalue weighted by molar-refractivity contribution is 0.630. The van der Waals surface area contributed by atoms with Crippen molar-refractivity contribution in [2.24, 2.45) is 16.6 Å². The smallest absolute Gasteiger partial charge is 0.132 e. The van der Waals surface area contributed by atoms with E-state index in [0.717, 1.165) is 34.4 Å². The third kappa shape index (κ3) is 4.60. The van der Waals surface area contributed by atoms with Crippen molar-refractivity contribution in [1.82, 2.24) is 4.98 Å². The topological polar surface area (TPSA) is 51.3 Å². The molecule has 0 aliphatic carbocycles. The van der Waals surface area contributed by atoms with Crippen LogP contribution in [0.15, 0.2) is 66.3 Å². The Hall–Kier alpha value is -3.27. The lowest BCUT2D eigenvalue weighted by Gasteiger charge is -2.13. The summed E-state index contributed by atoms with van der Waals surface area (Å²) < 4.78 is 14.5. The second kappa shape index (κ2) is 8.82. The number of aliphatic imine (C=N–C) groups is 1. The van der Waals surface area contributed by atoms with Crippen molar-refractivity contribution in [1.29, 1.82) is 0 Å². The average molecular weight is 388 g/mol. The number of aromatic nitrogens is 1.